The number of anilines is 1. The van der Waals surface area contributed by atoms with E-state index < -0.39 is 0 Å². The second-order valence-electron chi connectivity index (χ2n) is 6.79. The monoisotopic (exact) mass is 372 g/mol. The molecule has 28 heavy (non-hydrogen) atoms. The number of hydrogen-bond donors (Lipinski definition) is 1. The molecule has 0 saturated carbocycles. The van der Waals surface area contributed by atoms with Gasteiger partial charge in [-0.2, -0.15) is 5.10 Å². The van der Waals surface area contributed by atoms with Gasteiger partial charge in [-0.05, 0) is 38.1 Å². The van der Waals surface area contributed by atoms with E-state index in [9.17, 15) is 9.59 Å². The van der Waals surface area contributed by atoms with Gasteiger partial charge in [0.1, 0.15) is 11.2 Å². The van der Waals surface area contributed by atoms with E-state index in [-0.39, 0.29) is 16.9 Å². The highest BCUT2D eigenvalue weighted by atomic mass is 16.2. The Hall–Kier alpha value is -3.67. The molecule has 0 radical (unpaired) electrons. The second kappa shape index (κ2) is 6.81. The second-order valence-corrected chi connectivity index (χ2v) is 6.79. The number of H-pyrrole nitrogens is 1. The van der Waals surface area contributed by atoms with Gasteiger partial charge in [0.15, 0.2) is 0 Å². The van der Waals surface area contributed by atoms with Crippen LogP contribution >= 0.6 is 0 Å². The van der Waals surface area contributed by atoms with Gasteiger partial charge < -0.3 is 9.88 Å². The van der Waals surface area contributed by atoms with E-state index in [1.807, 2.05) is 61.5 Å². The van der Waals surface area contributed by atoms with Crippen LogP contribution in [-0.2, 0) is 0 Å². The molecule has 4 aromatic rings. The van der Waals surface area contributed by atoms with E-state index in [4.69, 9.17) is 0 Å². The number of amides is 1. The summed E-state index contributed by atoms with van der Waals surface area (Å²) in [7, 11) is 1.66. The van der Waals surface area contributed by atoms with Crippen LogP contribution in [0.5, 0.6) is 0 Å². The Balaban J connectivity index is 1.82. The predicted octanol–water partition coefficient (Wildman–Crippen LogP) is 3.61. The van der Waals surface area contributed by atoms with Gasteiger partial charge in [0, 0.05) is 18.9 Å². The molecule has 0 aliphatic rings. The van der Waals surface area contributed by atoms with Crippen LogP contribution in [0.25, 0.3) is 16.7 Å². The standard InChI is InChI=1S/C22H20N4O2/c1-14-9-11-17(12-10-14)26-21-19(15(2)24-26)20(27)18(13-23-21)22(28)25(3)16-7-5-4-6-8-16/h4-13H,1-3H3,(H,23,27). The lowest BCUT2D eigenvalue weighted by molar-refractivity contribution is 0.0992. The fourth-order valence-corrected chi connectivity index (χ4v) is 3.25. The predicted molar refractivity (Wildman–Crippen MR) is 110 cm³/mol. The van der Waals surface area contributed by atoms with Crippen molar-refractivity contribution < 1.29 is 4.79 Å². The first-order valence-corrected chi connectivity index (χ1v) is 8.98. The third-order valence-electron chi connectivity index (χ3n) is 4.84. The Morgan fingerprint density at radius 3 is 2.39 bits per heavy atom. The maximum Gasteiger partial charge on any atom is 0.263 e. The first-order chi connectivity index (χ1) is 13.5. The Bertz CT molecular complexity index is 1220. The van der Waals surface area contributed by atoms with Crippen molar-refractivity contribution in [3.05, 3.63) is 87.8 Å². The fourth-order valence-electron chi connectivity index (χ4n) is 3.25. The van der Waals surface area contributed by atoms with E-state index in [0.717, 1.165) is 16.9 Å². The van der Waals surface area contributed by atoms with Crippen molar-refractivity contribution in [2.24, 2.45) is 0 Å². The summed E-state index contributed by atoms with van der Waals surface area (Å²) in [6.45, 7) is 3.79. The van der Waals surface area contributed by atoms with E-state index in [1.165, 1.54) is 11.1 Å². The first kappa shape index (κ1) is 17.7. The van der Waals surface area contributed by atoms with Crippen molar-refractivity contribution in [2.75, 3.05) is 11.9 Å². The van der Waals surface area contributed by atoms with Crippen molar-refractivity contribution in [3.8, 4) is 5.69 Å². The van der Waals surface area contributed by atoms with E-state index in [1.54, 1.807) is 18.7 Å². The molecule has 2 heterocycles. The van der Waals surface area contributed by atoms with Gasteiger partial charge in [-0.15, -0.1) is 0 Å². The SMILES string of the molecule is Cc1ccc(-n2nc(C)c3c(=O)c(C(=O)N(C)c4ccccc4)c[nH]c32)cc1. The number of nitrogens with one attached hydrogen (secondary N) is 1. The zero-order chi connectivity index (χ0) is 19.8. The van der Waals surface area contributed by atoms with Crippen LogP contribution in [0.1, 0.15) is 21.6 Å². The van der Waals surface area contributed by atoms with Gasteiger partial charge in [-0.1, -0.05) is 35.9 Å². The van der Waals surface area contributed by atoms with Crippen LogP contribution < -0.4 is 10.3 Å². The maximum atomic E-state index is 13.1. The highest BCUT2D eigenvalue weighted by Crippen LogP contribution is 2.19. The van der Waals surface area contributed by atoms with Gasteiger partial charge in [-0.3, -0.25) is 9.59 Å². The molecule has 0 fully saturated rings. The van der Waals surface area contributed by atoms with Gasteiger partial charge >= 0.3 is 0 Å². The molecule has 140 valence electrons. The number of aromatic amines is 1. The molecule has 0 aliphatic heterocycles. The third-order valence-corrected chi connectivity index (χ3v) is 4.84. The zero-order valence-electron chi connectivity index (χ0n) is 15.9. The summed E-state index contributed by atoms with van der Waals surface area (Å²) in [5, 5.41) is 4.94. The molecule has 0 atom stereocenters. The molecular formula is C22H20N4O2. The first-order valence-electron chi connectivity index (χ1n) is 8.98. The molecule has 2 aromatic carbocycles. The lowest BCUT2D eigenvalue weighted by atomic mass is 10.1. The minimum Gasteiger partial charge on any atom is -0.345 e. The average molecular weight is 372 g/mol. The fraction of sp³-hybridized carbons (Fsp3) is 0.136. The normalized spacial score (nSPS) is 11.0. The highest BCUT2D eigenvalue weighted by Gasteiger charge is 2.21. The van der Waals surface area contributed by atoms with Crippen LogP contribution in [0, 0.1) is 13.8 Å². The molecule has 1 N–H and O–H groups in total. The lowest BCUT2D eigenvalue weighted by Gasteiger charge is -2.16. The van der Waals surface area contributed by atoms with Crippen LogP contribution in [-0.4, -0.2) is 27.7 Å². The Morgan fingerprint density at radius 1 is 1.04 bits per heavy atom. The number of rotatable bonds is 3. The quantitative estimate of drug-likeness (QED) is 0.597. The largest absolute Gasteiger partial charge is 0.345 e. The minimum atomic E-state index is -0.364. The molecule has 2 aromatic heterocycles. The Labute approximate surface area is 162 Å². The summed E-state index contributed by atoms with van der Waals surface area (Å²) in [5.74, 6) is -0.364. The number of para-hydroxylation sites is 1. The van der Waals surface area contributed by atoms with E-state index in [2.05, 4.69) is 10.1 Å². The molecule has 0 bridgehead atoms. The summed E-state index contributed by atoms with van der Waals surface area (Å²) in [6, 6.07) is 17.1. The number of benzene rings is 2. The topological polar surface area (TPSA) is 71.0 Å². The Kier molecular flexibility index (Phi) is 4.31. The van der Waals surface area contributed by atoms with Crippen molar-refractivity contribution in [3.63, 3.8) is 0 Å². The summed E-state index contributed by atoms with van der Waals surface area (Å²) in [4.78, 5) is 30.6. The molecule has 4 rings (SSSR count). The van der Waals surface area contributed by atoms with Gasteiger partial charge in [-0.25, -0.2) is 4.68 Å². The highest BCUT2D eigenvalue weighted by molar-refractivity contribution is 6.07. The number of pyridine rings is 1. The van der Waals surface area contributed by atoms with Crippen molar-refractivity contribution >= 4 is 22.6 Å². The minimum absolute atomic E-state index is 0.0883. The number of carbonyl (C=O) groups excluding carboxylic acids is 1. The van der Waals surface area contributed by atoms with Crippen molar-refractivity contribution in [2.45, 2.75) is 13.8 Å². The molecule has 1 amide bonds. The summed E-state index contributed by atoms with van der Waals surface area (Å²) in [6.07, 6.45) is 1.47. The number of nitrogens with zero attached hydrogens (tertiary/aromatic N) is 3. The summed E-state index contributed by atoms with van der Waals surface area (Å²) in [5.41, 5.74) is 3.63. The molecule has 0 unspecified atom stereocenters. The van der Waals surface area contributed by atoms with E-state index in [0.29, 0.717) is 16.7 Å². The van der Waals surface area contributed by atoms with Crippen LogP contribution in [0.2, 0.25) is 0 Å². The third kappa shape index (κ3) is 2.89. The number of aryl methyl sites for hydroxylation is 2. The summed E-state index contributed by atoms with van der Waals surface area (Å²) < 4.78 is 1.70. The van der Waals surface area contributed by atoms with Gasteiger partial charge in [0.05, 0.1) is 16.8 Å². The van der Waals surface area contributed by atoms with Crippen molar-refractivity contribution in [1.29, 1.82) is 0 Å². The molecule has 0 aliphatic carbocycles. The average Bonchev–Trinajstić information content (AvgIpc) is 3.06. The molecule has 0 spiro atoms. The lowest BCUT2D eigenvalue weighted by Crippen LogP contribution is -2.31. The Morgan fingerprint density at radius 2 is 1.71 bits per heavy atom. The number of carbonyl (C=O) groups is 1. The number of aromatic nitrogens is 3. The summed E-state index contributed by atoms with van der Waals surface area (Å²) >= 11 is 0. The number of hydrogen-bond acceptors (Lipinski definition) is 3. The smallest absolute Gasteiger partial charge is 0.263 e. The molecular weight excluding hydrogens is 352 g/mol. The molecule has 0 saturated heterocycles. The van der Waals surface area contributed by atoms with Crippen LogP contribution in [0.15, 0.2) is 65.6 Å². The van der Waals surface area contributed by atoms with Crippen LogP contribution in [0.3, 0.4) is 0 Å². The molecule has 6 heteroatoms. The van der Waals surface area contributed by atoms with Crippen molar-refractivity contribution in [1.82, 2.24) is 14.8 Å². The van der Waals surface area contributed by atoms with Crippen LogP contribution in [0.4, 0.5) is 5.69 Å². The van der Waals surface area contributed by atoms with Gasteiger partial charge in [0.25, 0.3) is 5.91 Å². The molecule has 6 nitrogen and oxygen atoms in total. The number of fused-ring (bicyclic) bond motifs is 1. The van der Waals surface area contributed by atoms with Gasteiger partial charge in [0.2, 0.25) is 5.43 Å². The maximum absolute atomic E-state index is 13.1. The van der Waals surface area contributed by atoms with E-state index >= 15 is 0 Å². The zero-order valence-corrected chi connectivity index (χ0v) is 15.9.